The highest BCUT2D eigenvalue weighted by atomic mass is 35.5. The summed E-state index contributed by atoms with van der Waals surface area (Å²) in [5, 5.41) is 19.4. The van der Waals surface area contributed by atoms with Gasteiger partial charge < -0.3 is 30.1 Å². The summed E-state index contributed by atoms with van der Waals surface area (Å²) >= 11 is 27.9. The van der Waals surface area contributed by atoms with Crippen LogP contribution in [0.3, 0.4) is 0 Å². The van der Waals surface area contributed by atoms with Gasteiger partial charge in [-0.2, -0.15) is 0 Å². The molecule has 0 aliphatic heterocycles. The summed E-state index contributed by atoms with van der Waals surface area (Å²) in [6.07, 6.45) is 3.69. The Morgan fingerprint density at radius 3 is 1.30 bits per heavy atom. The molecule has 18 heteroatoms. The van der Waals surface area contributed by atoms with Crippen LogP contribution < -0.4 is 10.6 Å². The topological polar surface area (TPSA) is 160 Å². The molecule has 0 spiro atoms. The van der Waals surface area contributed by atoms with Crippen molar-refractivity contribution >= 4 is 103 Å². The van der Waals surface area contributed by atoms with E-state index in [1.807, 2.05) is 90.1 Å². The van der Waals surface area contributed by atoms with Gasteiger partial charge in [-0.15, -0.1) is 22.7 Å². The van der Waals surface area contributed by atoms with E-state index in [1.165, 1.54) is 17.4 Å². The average molecular weight is 1200 g/mol. The number of benzene rings is 4. The number of nitrogens with one attached hydrogen (secondary N) is 2. The van der Waals surface area contributed by atoms with Gasteiger partial charge in [-0.3, -0.25) is 14.4 Å². The van der Waals surface area contributed by atoms with Crippen molar-refractivity contribution in [1.82, 2.24) is 14.9 Å². The first-order chi connectivity index (χ1) is 37.0. The van der Waals surface area contributed by atoms with Gasteiger partial charge in [-0.05, 0) is 139 Å². The minimum Gasteiger partial charge on any atom is -0.478 e. The van der Waals surface area contributed by atoms with Crippen molar-refractivity contribution in [3.05, 3.63) is 137 Å². The van der Waals surface area contributed by atoms with Crippen LogP contribution in [-0.2, 0) is 44.7 Å². The number of thiazole rings is 2. The van der Waals surface area contributed by atoms with Gasteiger partial charge in [0.25, 0.3) is 5.91 Å². The smallest absolute Gasteiger partial charge is 0.335 e. The Morgan fingerprint density at radius 1 is 0.582 bits per heavy atom. The van der Waals surface area contributed by atoms with Crippen LogP contribution in [0.25, 0.3) is 22.5 Å². The third kappa shape index (κ3) is 22.0. The second-order valence-electron chi connectivity index (χ2n) is 22.3. The number of rotatable bonds is 20. The molecule has 4 aromatic carbocycles. The van der Waals surface area contributed by atoms with Crippen LogP contribution in [0.2, 0.25) is 20.1 Å². The Balaban J connectivity index is 0.000000325. The molecule has 0 aliphatic rings. The normalized spacial score (nSPS) is 12.2. The van der Waals surface area contributed by atoms with E-state index in [9.17, 15) is 24.3 Å². The molecule has 2 unspecified atom stereocenters. The maximum absolute atomic E-state index is 13.2. The number of anilines is 2. The van der Waals surface area contributed by atoms with E-state index in [-0.39, 0.29) is 30.0 Å². The summed E-state index contributed by atoms with van der Waals surface area (Å²) in [4.78, 5) is 63.7. The van der Waals surface area contributed by atoms with Gasteiger partial charge in [0, 0.05) is 53.6 Å². The van der Waals surface area contributed by atoms with Crippen LogP contribution in [0.4, 0.5) is 10.3 Å². The van der Waals surface area contributed by atoms with E-state index in [4.69, 9.17) is 65.8 Å². The third-order valence-corrected chi connectivity index (χ3v) is 14.7. The fraction of sp³-hybridized carbons (Fsp3) is 0.443. The highest BCUT2D eigenvalue weighted by Crippen LogP contribution is 2.38. The Labute approximate surface area is 496 Å². The van der Waals surface area contributed by atoms with Crippen LogP contribution in [0.15, 0.2) is 84.9 Å². The summed E-state index contributed by atoms with van der Waals surface area (Å²) in [6.45, 7) is 24.5. The maximum atomic E-state index is 13.2. The second kappa shape index (κ2) is 30.6. The van der Waals surface area contributed by atoms with Gasteiger partial charge in [0.15, 0.2) is 10.3 Å². The lowest BCUT2D eigenvalue weighted by Gasteiger charge is -2.24. The van der Waals surface area contributed by atoms with E-state index in [2.05, 4.69) is 52.2 Å². The zero-order chi connectivity index (χ0) is 58.9. The molecule has 6 rings (SSSR count). The lowest BCUT2D eigenvalue weighted by Crippen LogP contribution is -2.33. The molecule has 79 heavy (non-hydrogen) atoms. The summed E-state index contributed by atoms with van der Waals surface area (Å²) in [7, 11) is 3.44. The van der Waals surface area contributed by atoms with Crippen molar-refractivity contribution in [1.29, 1.82) is 0 Å². The summed E-state index contributed by atoms with van der Waals surface area (Å²) in [6, 6.07) is 25.0. The lowest BCUT2D eigenvalue weighted by atomic mass is 9.97. The molecule has 0 saturated carbocycles. The molecule has 0 saturated heterocycles. The van der Waals surface area contributed by atoms with E-state index >= 15 is 0 Å². The van der Waals surface area contributed by atoms with Crippen molar-refractivity contribution in [3.8, 4) is 22.5 Å². The molecule has 0 aliphatic carbocycles. The molecular weight excluding hydrogens is 1120 g/mol. The Kier molecular flexibility index (Phi) is 25.6. The number of carboxylic acids is 1. The lowest BCUT2D eigenvalue weighted by molar-refractivity contribution is -0.160. The standard InChI is InChI=1S/C30H37Cl2N3O3S.C28H32Cl2N2O4S.C3H8/c1-18(2)13-25-26(20-11-12-23(31)24(32)16-20)34-29(39-25)33-17-22(28(37)38-30(3,4)5)15-19-9-8-10-21(14-19)27(36)35(6)7;1-16(2)11-23-24(18-9-10-21(29)22(30)14-18)32-27(37-23)31-15-20(26(35)36-28(3,4)5)13-17-7-6-8-19(12-17)25(33)34;1-3-2/h8-12,14,16,18,22H,13,15,17H2,1-7H3,(H,33,34);6-10,12,14,16,20H,11,13,15H2,1-5H3,(H,31,32)(H,33,34);3H2,1-2H3. The molecular formula is C61H77Cl4N5O7S2. The van der Waals surface area contributed by atoms with Crippen molar-refractivity contribution in [2.24, 2.45) is 23.7 Å². The maximum Gasteiger partial charge on any atom is 0.335 e. The fourth-order valence-electron chi connectivity index (χ4n) is 7.77. The molecule has 1 amide bonds. The largest absolute Gasteiger partial charge is 0.478 e. The molecule has 3 N–H and O–H groups in total. The number of esters is 2. The first-order valence-electron chi connectivity index (χ1n) is 26.4. The molecule has 0 radical (unpaired) electrons. The monoisotopic (exact) mass is 1200 g/mol. The van der Waals surface area contributed by atoms with Crippen molar-refractivity contribution in [3.63, 3.8) is 0 Å². The van der Waals surface area contributed by atoms with Crippen LogP contribution >= 0.6 is 69.1 Å². The number of carbonyl (C=O) groups excluding carboxylic acids is 3. The van der Waals surface area contributed by atoms with Gasteiger partial charge in [0.2, 0.25) is 0 Å². The van der Waals surface area contributed by atoms with Crippen LogP contribution in [0.1, 0.15) is 131 Å². The predicted octanol–water partition coefficient (Wildman–Crippen LogP) is 16.7. The fourth-order valence-corrected chi connectivity index (χ4v) is 10.8. The number of hydrogen-bond acceptors (Lipinski definition) is 12. The molecule has 6 aromatic rings. The van der Waals surface area contributed by atoms with Gasteiger partial charge in [0.05, 0.1) is 48.9 Å². The van der Waals surface area contributed by atoms with Crippen molar-refractivity contribution < 1.29 is 33.8 Å². The zero-order valence-corrected chi connectivity index (χ0v) is 52.6. The highest BCUT2D eigenvalue weighted by molar-refractivity contribution is 7.16. The third-order valence-electron chi connectivity index (χ3n) is 11.2. The number of carboxylic acid groups (broad SMARTS) is 1. The van der Waals surface area contributed by atoms with Gasteiger partial charge in [-0.1, -0.05) is 131 Å². The minimum atomic E-state index is -1.01. The van der Waals surface area contributed by atoms with E-state index in [0.717, 1.165) is 61.4 Å². The zero-order valence-electron chi connectivity index (χ0n) is 47.9. The number of carbonyl (C=O) groups is 4. The van der Waals surface area contributed by atoms with Crippen LogP contribution in [0.5, 0.6) is 0 Å². The highest BCUT2D eigenvalue weighted by Gasteiger charge is 2.29. The average Bonchev–Trinajstić information content (AvgIpc) is 3.95. The SMILES string of the molecule is CC(C)Cc1sc(NCC(Cc2cccc(C(=O)N(C)C)c2)C(=O)OC(C)(C)C)nc1-c1ccc(Cl)c(Cl)c1.CC(C)Cc1sc(NCC(Cc2cccc(C(=O)O)c2)C(=O)OC(C)(C)C)nc1-c1ccc(Cl)c(Cl)c1.CCC. The summed E-state index contributed by atoms with van der Waals surface area (Å²) < 4.78 is 11.4. The van der Waals surface area contributed by atoms with E-state index in [0.29, 0.717) is 62.0 Å². The molecule has 428 valence electrons. The molecule has 0 fully saturated rings. The number of amides is 1. The van der Waals surface area contributed by atoms with Crippen LogP contribution in [-0.4, -0.2) is 82.2 Å². The first kappa shape index (κ1) is 66.3. The number of hydrogen-bond donors (Lipinski definition) is 3. The van der Waals surface area contributed by atoms with E-state index in [1.54, 1.807) is 67.1 Å². The number of halogens is 4. The van der Waals surface area contributed by atoms with Crippen LogP contribution in [0, 0.1) is 23.7 Å². The van der Waals surface area contributed by atoms with Gasteiger partial charge >= 0.3 is 17.9 Å². The number of ether oxygens (including phenoxy) is 2. The first-order valence-corrected chi connectivity index (χ1v) is 29.6. The summed E-state index contributed by atoms with van der Waals surface area (Å²) in [5.74, 6) is -1.93. The van der Waals surface area contributed by atoms with Gasteiger partial charge in [0.1, 0.15) is 11.2 Å². The number of aromatic carboxylic acids is 1. The number of aromatic nitrogens is 2. The molecule has 2 atom stereocenters. The number of nitrogens with zero attached hydrogens (tertiary/aromatic N) is 3. The van der Waals surface area contributed by atoms with E-state index < -0.39 is 29.0 Å². The summed E-state index contributed by atoms with van der Waals surface area (Å²) in [5.41, 5.74) is 4.59. The Bertz CT molecular complexity index is 3000. The Morgan fingerprint density at radius 2 is 0.962 bits per heavy atom. The van der Waals surface area contributed by atoms with Crippen molar-refractivity contribution in [2.45, 2.75) is 126 Å². The minimum absolute atomic E-state index is 0.0842. The predicted molar refractivity (Wildman–Crippen MR) is 329 cm³/mol. The van der Waals surface area contributed by atoms with Gasteiger partial charge in [-0.25, -0.2) is 14.8 Å². The molecule has 0 bridgehead atoms. The Hall–Kier alpha value is -5.22. The quantitative estimate of drug-likeness (QED) is 0.0624. The van der Waals surface area contributed by atoms with Crippen molar-refractivity contribution in [2.75, 3.05) is 37.8 Å². The second-order valence-corrected chi connectivity index (χ2v) is 26.1. The molecule has 12 nitrogen and oxygen atoms in total. The molecule has 2 aromatic heterocycles. The molecule has 2 heterocycles.